The highest BCUT2D eigenvalue weighted by Gasteiger charge is 2.61. The third-order valence-electron chi connectivity index (χ3n) is 26.5. The van der Waals surface area contributed by atoms with Crippen LogP contribution in [0.1, 0.15) is 224 Å². The van der Waals surface area contributed by atoms with E-state index in [-0.39, 0.29) is 68.8 Å². The summed E-state index contributed by atoms with van der Waals surface area (Å²) in [6.45, 7) is 33.3. The number of hydrogen-bond acceptors (Lipinski definition) is 13. The van der Waals surface area contributed by atoms with Crippen LogP contribution in [0.5, 0.6) is 0 Å². The fourth-order valence-corrected chi connectivity index (χ4v) is 21.2. The normalized spacial score (nSPS) is 34.2. The first-order chi connectivity index (χ1) is 42.6. The molecule has 1 aromatic rings. The van der Waals surface area contributed by atoms with Gasteiger partial charge in [0.1, 0.15) is 25.1 Å². The highest BCUT2D eigenvalue weighted by molar-refractivity contribution is 5.70. The lowest BCUT2D eigenvalue weighted by molar-refractivity contribution is -0.0621. The lowest BCUT2D eigenvalue weighted by Crippen LogP contribution is -2.51. The summed E-state index contributed by atoms with van der Waals surface area (Å²) in [5.41, 5.74) is 4.65. The number of aromatic nitrogens is 2. The van der Waals surface area contributed by atoms with Crippen molar-refractivity contribution in [3.05, 3.63) is 42.0 Å². The molecule has 510 valence electrons. The number of nitrogens with zero attached hydrogens (tertiary/aromatic N) is 4. The number of rotatable bonds is 27. The molecule has 0 unspecified atom stereocenters. The molecule has 18 atom stereocenters. The van der Waals surface area contributed by atoms with Crippen LogP contribution in [-0.4, -0.2) is 148 Å². The van der Waals surface area contributed by atoms with Crippen molar-refractivity contribution in [3.8, 4) is 0 Å². The highest BCUT2D eigenvalue weighted by atomic mass is 16.7. The molecular weight excluding hydrogens is 1120 g/mol. The molecule has 0 bridgehead atoms. The minimum atomic E-state index is -0.593. The number of imidazole rings is 1. The number of hydrogen-bond donors (Lipinski definition) is 5. The number of allylic oxidation sites excluding steroid dienone is 2. The standard InChI is InChI=1S/C36H63NO5.C33H52N2O2.C6H15NO3/c1-7-27(25(2)3)9-8-26(4)31-12-13-32-30-11-10-28-24-29(14-16-35(28,5)33(30)15-17-36(31,32)6)42-34(40)41-23-20-37(18-21-38)19-22-39;1-7-24(22(2)3)9-8-23(4)28-12-13-29-27-11-10-25-20-26(37-31(36)35-19-18-34-21-35)14-16-32(25,5)30(27)15-17-33(28,29)6;8-4-1-7(2-5-9)3-6-10/h10,25-27,29-33,38-39H,7-9,11-24H2,1-6H3;10,18-19,21-24,26-30H,7-9,11-17,20H2,1-6H3;8-10H,1-6H2/t26-,27-,29+,30+,31-,32+,33+,35+,36-;23-,24-,26+,27+,28-,29+,30+,32+,33-;/m11./s1. The van der Waals surface area contributed by atoms with Crippen LogP contribution in [-0.2, 0) is 14.2 Å². The predicted molar refractivity (Wildman–Crippen MR) is 357 cm³/mol. The Balaban J connectivity index is 0.000000221. The van der Waals surface area contributed by atoms with Gasteiger partial charge in [-0.2, -0.15) is 0 Å². The Morgan fingerprint density at radius 3 is 1.38 bits per heavy atom. The maximum atomic E-state index is 12.5. The number of aliphatic hydroxyl groups is 5. The molecule has 6 fully saturated rings. The second kappa shape index (κ2) is 34.0. The average Bonchev–Trinajstić information content (AvgIpc) is 1.80. The zero-order valence-electron chi connectivity index (χ0n) is 58.2. The second-order valence-corrected chi connectivity index (χ2v) is 31.5. The molecule has 8 aliphatic rings. The van der Waals surface area contributed by atoms with Gasteiger partial charge in [0.05, 0.1) is 33.0 Å². The molecule has 0 aromatic carbocycles. The van der Waals surface area contributed by atoms with E-state index in [1.807, 2.05) is 4.90 Å². The van der Waals surface area contributed by atoms with Gasteiger partial charge in [-0.1, -0.05) is 132 Å². The molecule has 6 saturated carbocycles. The molecule has 1 aromatic heterocycles. The molecule has 9 rings (SSSR count). The fraction of sp³-hybridized carbons (Fsp3) is 0.880. The van der Waals surface area contributed by atoms with Crippen LogP contribution in [0.2, 0.25) is 0 Å². The first-order valence-electron chi connectivity index (χ1n) is 36.5. The molecule has 5 N–H and O–H groups in total. The molecule has 0 amide bonds. The molecule has 1 heterocycles. The molecule has 8 aliphatic carbocycles. The molecule has 0 radical (unpaired) electrons. The van der Waals surface area contributed by atoms with E-state index in [4.69, 9.17) is 39.7 Å². The first kappa shape index (κ1) is 73.6. The van der Waals surface area contributed by atoms with Crippen molar-refractivity contribution < 1.29 is 49.3 Å². The molecular formula is C75H130N4O10. The Kier molecular flexibility index (Phi) is 28.1. The van der Waals surface area contributed by atoms with Crippen molar-refractivity contribution in [2.24, 2.45) is 105 Å². The summed E-state index contributed by atoms with van der Waals surface area (Å²) in [6, 6.07) is 0. The van der Waals surface area contributed by atoms with Crippen LogP contribution in [0.25, 0.3) is 0 Å². The highest BCUT2D eigenvalue weighted by Crippen LogP contribution is 2.69. The summed E-state index contributed by atoms with van der Waals surface area (Å²) >= 11 is 0. The van der Waals surface area contributed by atoms with E-state index in [1.54, 1.807) is 22.9 Å². The second-order valence-electron chi connectivity index (χ2n) is 31.5. The van der Waals surface area contributed by atoms with Crippen LogP contribution in [0, 0.1) is 105 Å². The van der Waals surface area contributed by atoms with Crippen molar-refractivity contribution in [1.29, 1.82) is 0 Å². The summed E-state index contributed by atoms with van der Waals surface area (Å²) in [7, 11) is 0. The van der Waals surface area contributed by atoms with Crippen molar-refractivity contribution in [1.82, 2.24) is 19.4 Å². The summed E-state index contributed by atoms with van der Waals surface area (Å²) in [6.07, 6.45) is 36.8. The predicted octanol–water partition coefficient (Wildman–Crippen LogP) is 14.7. The van der Waals surface area contributed by atoms with Crippen molar-refractivity contribution in [2.45, 2.75) is 237 Å². The minimum Gasteiger partial charge on any atom is -0.445 e. The van der Waals surface area contributed by atoms with Crippen LogP contribution >= 0.6 is 0 Å². The lowest BCUT2D eigenvalue weighted by Gasteiger charge is -2.58. The van der Waals surface area contributed by atoms with E-state index in [9.17, 15) is 9.59 Å². The van der Waals surface area contributed by atoms with Crippen LogP contribution in [0.15, 0.2) is 42.0 Å². The van der Waals surface area contributed by atoms with E-state index >= 15 is 0 Å². The third-order valence-corrected chi connectivity index (χ3v) is 26.5. The first-order valence-corrected chi connectivity index (χ1v) is 36.5. The van der Waals surface area contributed by atoms with Crippen molar-refractivity contribution in [3.63, 3.8) is 0 Å². The molecule has 0 aliphatic heterocycles. The van der Waals surface area contributed by atoms with E-state index < -0.39 is 6.16 Å². The topological polar surface area (TPSA) is 187 Å². The van der Waals surface area contributed by atoms with Crippen molar-refractivity contribution >= 4 is 12.2 Å². The fourth-order valence-electron chi connectivity index (χ4n) is 21.2. The maximum absolute atomic E-state index is 12.5. The van der Waals surface area contributed by atoms with Crippen LogP contribution < -0.4 is 0 Å². The minimum absolute atomic E-state index is 0.00544. The van der Waals surface area contributed by atoms with E-state index in [0.29, 0.717) is 50.1 Å². The quantitative estimate of drug-likeness (QED) is 0.0414. The lowest BCUT2D eigenvalue weighted by atomic mass is 9.47. The Bertz CT molecular complexity index is 2330. The third kappa shape index (κ3) is 17.6. The molecule has 0 saturated heterocycles. The van der Waals surface area contributed by atoms with Gasteiger partial charge in [-0.3, -0.25) is 9.80 Å². The van der Waals surface area contributed by atoms with E-state index in [2.05, 4.69) is 100 Å². The zero-order valence-corrected chi connectivity index (χ0v) is 58.2. The Hall–Kier alpha value is -2.85. The van der Waals surface area contributed by atoms with Gasteiger partial charge < -0.3 is 39.7 Å². The summed E-state index contributed by atoms with van der Waals surface area (Å²) in [4.78, 5) is 32.6. The van der Waals surface area contributed by atoms with Crippen LogP contribution in [0.3, 0.4) is 0 Å². The SMILES string of the molecule is CC[C@H](CC[C@@H](C)[C@H]1CC[C@H]2[C@@H]3CC=C4C[C@@H](OC(=O)OCCN(CCO)CCO)CC[C@]4(C)[C@H]3CC[C@]12C)C(C)C.CC[C@H](CC[C@@H](C)[C@H]1CC[C@H]2[C@@H]3CC=C4C[C@@H](OC(=O)n5ccnc5)CC[C@]4(C)[C@H]3CC[C@]12C)C(C)C.OCCN(CCO)CCO. The van der Waals surface area contributed by atoms with Gasteiger partial charge >= 0.3 is 12.2 Å². The molecule has 14 heteroatoms. The number of aliphatic hydroxyl groups excluding tert-OH is 5. The van der Waals surface area contributed by atoms with Gasteiger partial charge in [0.15, 0.2) is 0 Å². The average molecular weight is 1250 g/mol. The van der Waals surface area contributed by atoms with E-state index in [0.717, 1.165) is 121 Å². The van der Waals surface area contributed by atoms with Gasteiger partial charge in [0.2, 0.25) is 0 Å². The Labute approximate surface area is 540 Å². The molecule has 14 nitrogen and oxygen atoms in total. The zero-order chi connectivity index (χ0) is 64.7. The number of ether oxygens (including phenoxy) is 3. The summed E-state index contributed by atoms with van der Waals surface area (Å²) in [5.74, 6) is 11.8. The number of carbonyl (C=O) groups is 2. The smallest absolute Gasteiger partial charge is 0.445 e. The van der Waals surface area contributed by atoms with E-state index in [1.165, 1.54) is 119 Å². The Morgan fingerprint density at radius 2 is 0.989 bits per heavy atom. The summed E-state index contributed by atoms with van der Waals surface area (Å²) in [5, 5.41) is 43.8. The summed E-state index contributed by atoms with van der Waals surface area (Å²) < 4.78 is 18.5. The maximum Gasteiger partial charge on any atom is 0.508 e. The molecule has 89 heavy (non-hydrogen) atoms. The molecule has 0 spiro atoms. The van der Waals surface area contributed by atoms with Gasteiger partial charge in [-0.05, 0) is 207 Å². The number of fused-ring (bicyclic) bond motifs is 10. The van der Waals surface area contributed by atoms with Gasteiger partial charge in [0, 0.05) is 64.5 Å². The largest absolute Gasteiger partial charge is 0.508 e. The van der Waals surface area contributed by atoms with Crippen molar-refractivity contribution in [2.75, 3.05) is 78.9 Å². The van der Waals surface area contributed by atoms with Gasteiger partial charge in [-0.25, -0.2) is 19.1 Å². The van der Waals surface area contributed by atoms with Gasteiger partial charge in [-0.15, -0.1) is 0 Å². The van der Waals surface area contributed by atoms with Crippen LogP contribution in [0.4, 0.5) is 9.59 Å². The number of carbonyl (C=O) groups excluding carboxylic acids is 2. The van der Waals surface area contributed by atoms with Gasteiger partial charge in [0.25, 0.3) is 0 Å². The Morgan fingerprint density at radius 1 is 0.562 bits per heavy atom. The monoisotopic (exact) mass is 1250 g/mol.